The summed E-state index contributed by atoms with van der Waals surface area (Å²) in [5.74, 6) is -6.26. The lowest BCUT2D eigenvalue weighted by Crippen LogP contribution is -2.62. The summed E-state index contributed by atoms with van der Waals surface area (Å²) in [6, 6.07) is 2.84. The van der Waals surface area contributed by atoms with Gasteiger partial charge in [-0.05, 0) is 37.2 Å². The van der Waals surface area contributed by atoms with Gasteiger partial charge in [-0.15, -0.1) is 0 Å². The average molecular weight is 744 g/mol. The van der Waals surface area contributed by atoms with Crippen LogP contribution in [0.5, 0.6) is 0 Å². The first kappa shape index (κ1) is 43.6. The molecule has 0 radical (unpaired) electrons. The largest absolute Gasteiger partial charge is 0.352 e. The number of benzene rings is 1. The Kier molecular flexibility index (Phi) is 17.9. The second-order valence-corrected chi connectivity index (χ2v) is 13.7. The van der Waals surface area contributed by atoms with Gasteiger partial charge in [0, 0.05) is 19.9 Å². The first-order chi connectivity index (χ1) is 24.9. The topological polar surface area (TPSA) is 262 Å². The smallest absolute Gasteiger partial charge is 0.245 e. The van der Waals surface area contributed by atoms with E-state index < -0.39 is 103 Å². The maximum atomic E-state index is 13.8. The Morgan fingerprint density at radius 3 is 1.70 bits per heavy atom. The minimum absolute atomic E-state index is 0.000438. The van der Waals surface area contributed by atoms with E-state index in [4.69, 9.17) is 0 Å². The fourth-order valence-electron chi connectivity index (χ4n) is 5.15. The average Bonchev–Trinajstić information content (AvgIpc) is 3.08. The van der Waals surface area contributed by atoms with Crippen LogP contribution in [-0.4, -0.2) is 110 Å². The van der Waals surface area contributed by atoms with Gasteiger partial charge in [0.2, 0.25) is 53.2 Å². The standard InChI is InChI=1S/C35H53N9O9/c1-19(2)12-24-32(50)39-15-27(41-30(48)18-38-29(47)17-37-28(46)16-36-22(6)45)35(53)44-26(14-23-10-8-7-9-11-23)34(52)43-25(13-20(3)4)33(51)40-21(5)31(49)42-24/h7-11,19-21,24-27H,12-18H2,1-6H3,(H,36,45)(H,37,46)(H,38,47)(H,39,50)(H,40,51)(H,41,48)(H,42,49)(H,43,52)(H,44,53)/t21-,24-,25-,26-,27-/m0/s1. The van der Waals surface area contributed by atoms with Crippen LogP contribution >= 0.6 is 0 Å². The third kappa shape index (κ3) is 16.6. The first-order valence-electron chi connectivity index (χ1n) is 17.5. The van der Waals surface area contributed by atoms with Crippen LogP contribution < -0.4 is 47.9 Å². The van der Waals surface area contributed by atoms with Gasteiger partial charge in [0.05, 0.1) is 19.6 Å². The minimum atomic E-state index is -1.47. The predicted octanol–water partition coefficient (Wildman–Crippen LogP) is -2.74. The van der Waals surface area contributed by atoms with Crippen molar-refractivity contribution in [3.8, 4) is 0 Å². The zero-order chi connectivity index (χ0) is 39.7. The molecule has 9 amide bonds. The normalized spacial score (nSPS) is 21.7. The molecule has 1 aromatic rings. The molecule has 5 atom stereocenters. The van der Waals surface area contributed by atoms with Crippen LogP contribution in [0.25, 0.3) is 0 Å². The van der Waals surface area contributed by atoms with Crippen LogP contribution in [0.3, 0.4) is 0 Å². The maximum Gasteiger partial charge on any atom is 0.245 e. The molecule has 53 heavy (non-hydrogen) atoms. The molecule has 1 fully saturated rings. The van der Waals surface area contributed by atoms with E-state index in [9.17, 15) is 43.2 Å². The summed E-state index contributed by atoms with van der Waals surface area (Å²) in [5, 5.41) is 22.5. The highest BCUT2D eigenvalue weighted by Crippen LogP contribution is 2.10. The number of hydrogen-bond acceptors (Lipinski definition) is 9. The molecule has 0 spiro atoms. The van der Waals surface area contributed by atoms with E-state index in [0.717, 1.165) is 0 Å². The number of hydrogen-bond donors (Lipinski definition) is 9. The van der Waals surface area contributed by atoms with Gasteiger partial charge in [0.25, 0.3) is 0 Å². The third-order valence-electron chi connectivity index (χ3n) is 7.87. The molecule has 1 heterocycles. The summed E-state index contributed by atoms with van der Waals surface area (Å²) >= 11 is 0. The minimum Gasteiger partial charge on any atom is -0.352 e. The molecule has 0 aliphatic carbocycles. The van der Waals surface area contributed by atoms with Gasteiger partial charge in [-0.3, -0.25) is 43.2 Å². The van der Waals surface area contributed by atoms with Crippen LogP contribution in [0.1, 0.15) is 59.9 Å². The van der Waals surface area contributed by atoms with E-state index in [1.165, 1.54) is 13.8 Å². The van der Waals surface area contributed by atoms with E-state index in [0.29, 0.717) is 5.56 Å². The van der Waals surface area contributed by atoms with Gasteiger partial charge < -0.3 is 47.9 Å². The number of amides is 9. The second-order valence-electron chi connectivity index (χ2n) is 13.7. The summed E-state index contributed by atoms with van der Waals surface area (Å²) in [4.78, 5) is 116. The van der Waals surface area contributed by atoms with Crippen LogP contribution in [0, 0.1) is 11.8 Å². The van der Waals surface area contributed by atoms with E-state index in [-0.39, 0.29) is 37.6 Å². The van der Waals surface area contributed by atoms with Gasteiger partial charge in [0.1, 0.15) is 30.2 Å². The molecule has 0 unspecified atom stereocenters. The van der Waals surface area contributed by atoms with Gasteiger partial charge >= 0.3 is 0 Å². The zero-order valence-electron chi connectivity index (χ0n) is 31.1. The molecule has 2 rings (SSSR count). The Balaban J connectivity index is 2.39. The Bertz CT molecular complexity index is 1490. The highest BCUT2D eigenvalue weighted by molar-refractivity contribution is 5.97. The molecular formula is C35H53N9O9. The van der Waals surface area contributed by atoms with E-state index in [1.807, 2.05) is 27.7 Å². The Morgan fingerprint density at radius 1 is 0.642 bits per heavy atom. The van der Waals surface area contributed by atoms with Crippen molar-refractivity contribution in [1.82, 2.24) is 47.9 Å². The molecule has 0 aromatic heterocycles. The molecule has 1 aromatic carbocycles. The van der Waals surface area contributed by atoms with Crippen LogP contribution in [0.2, 0.25) is 0 Å². The molecule has 1 aliphatic rings. The highest BCUT2D eigenvalue weighted by Gasteiger charge is 2.33. The Morgan fingerprint density at radius 2 is 1.13 bits per heavy atom. The number of nitrogens with one attached hydrogen (secondary N) is 9. The maximum absolute atomic E-state index is 13.8. The summed E-state index contributed by atoms with van der Waals surface area (Å²) in [6.07, 6.45) is 0.417. The fourth-order valence-corrected chi connectivity index (χ4v) is 5.15. The van der Waals surface area contributed by atoms with Crippen molar-refractivity contribution in [3.05, 3.63) is 35.9 Å². The van der Waals surface area contributed by atoms with Crippen LogP contribution in [0.15, 0.2) is 30.3 Å². The van der Waals surface area contributed by atoms with E-state index >= 15 is 0 Å². The molecule has 9 N–H and O–H groups in total. The monoisotopic (exact) mass is 743 g/mol. The molecule has 292 valence electrons. The van der Waals surface area contributed by atoms with Crippen LogP contribution in [0.4, 0.5) is 0 Å². The molecule has 0 saturated carbocycles. The summed E-state index contributed by atoms with van der Waals surface area (Å²) in [5.41, 5.74) is 0.676. The molecule has 18 heteroatoms. The zero-order valence-corrected chi connectivity index (χ0v) is 31.1. The number of rotatable bonds is 13. The van der Waals surface area contributed by atoms with Gasteiger partial charge in [-0.1, -0.05) is 58.0 Å². The van der Waals surface area contributed by atoms with Crippen molar-refractivity contribution in [2.75, 3.05) is 26.2 Å². The SMILES string of the molecule is CC(=O)NCC(=O)NCC(=O)NCC(=O)N[C@H]1CNC(=O)[C@H](CC(C)C)NC(=O)[C@H](C)NC(=O)[C@H](CC(C)C)NC(=O)[C@H](Cc2ccccc2)NC1=O. The summed E-state index contributed by atoms with van der Waals surface area (Å²) in [7, 11) is 0. The van der Waals surface area contributed by atoms with Crippen molar-refractivity contribution in [3.63, 3.8) is 0 Å². The lowest BCUT2D eigenvalue weighted by Gasteiger charge is -2.28. The molecule has 1 aliphatic heterocycles. The number of carbonyl (C=O) groups is 9. The fraction of sp³-hybridized carbons (Fsp3) is 0.571. The van der Waals surface area contributed by atoms with Crippen molar-refractivity contribution in [2.24, 2.45) is 11.8 Å². The lowest BCUT2D eigenvalue weighted by molar-refractivity contribution is -0.136. The highest BCUT2D eigenvalue weighted by atomic mass is 16.2. The Labute approximate surface area is 308 Å². The summed E-state index contributed by atoms with van der Waals surface area (Å²) in [6.45, 7) is 8.14. The third-order valence-corrected chi connectivity index (χ3v) is 7.87. The lowest BCUT2D eigenvalue weighted by atomic mass is 10.00. The molecule has 18 nitrogen and oxygen atoms in total. The van der Waals surface area contributed by atoms with Crippen LogP contribution in [-0.2, 0) is 49.6 Å². The van der Waals surface area contributed by atoms with Crippen molar-refractivity contribution in [2.45, 2.75) is 91.0 Å². The van der Waals surface area contributed by atoms with Crippen molar-refractivity contribution < 1.29 is 43.2 Å². The van der Waals surface area contributed by atoms with Gasteiger partial charge in [0.15, 0.2) is 0 Å². The van der Waals surface area contributed by atoms with Crippen molar-refractivity contribution >= 4 is 53.2 Å². The second kappa shape index (κ2) is 21.7. The van der Waals surface area contributed by atoms with Gasteiger partial charge in [-0.2, -0.15) is 0 Å². The molecular weight excluding hydrogens is 690 g/mol. The Hall–Kier alpha value is -5.55. The number of carbonyl (C=O) groups excluding carboxylic acids is 9. The van der Waals surface area contributed by atoms with E-state index in [1.54, 1.807) is 30.3 Å². The summed E-state index contributed by atoms with van der Waals surface area (Å²) < 4.78 is 0. The van der Waals surface area contributed by atoms with E-state index in [2.05, 4.69) is 47.9 Å². The van der Waals surface area contributed by atoms with Crippen molar-refractivity contribution in [1.29, 1.82) is 0 Å². The quantitative estimate of drug-likeness (QED) is 0.101. The van der Waals surface area contributed by atoms with Gasteiger partial charge in [-0.25, -0.2) is 0 Å². The predicted molar refractivity (Wildman–Crippen MR) is 192 cm³/mol. The molecule has 1 saturated heterocycles. The first-order valence-corrected chi connectivity index (χ1v) is 17.5. The molecule has 0 bridgehead atoms.